The van der Waals surface area contributed by atoms with Crippen LogP contribution in [0.5, 0.6) is 0 Å². The number of nitrogens with one attached hydrogen (secondary N) is 1. The minimum atomic E-state index is -0.770. The van der Waals surface area contributed by atoms with Crippen molar-refractivity contribution in [1.82, 2.24) is 5.32 Å². The van der Waals surface area contributed by atoms with Gasteiger partial charge in [-0.25, -0.2) is 0 Å². The lowest BCUT2D eigenvalue weighted by molar-refractivity contribution is -0.141. The maximum Gasteiger partial charge on any atom is 0.306 e. The zero-order chi connectivity index (χ0) is 13.1. The van der Waals surface area contributed by atoms with E-state index in [1.54, 1.807) is 0 Å². The SMILES string of the molecule is NC1CCC(NC(=O)[C@@H]2CC[C@H](C(=O)O)C2)CC1. The third-order valence-electron chi connectivity index (χ3n) is 4.27. The predicted octanol–water partition coefficient (Wildman–Crippen LogP) is 0.873. The number of aliphatic carboxylic acids is 1. The number of nitrogens with two attached hydrogens (primary N) is 1. The van der Waals surface area contributed by atoms with Crippen LogP contribution in [0, 0.1) is 11.8 Å². The Morgan fingerprint density at radius 3 is 2.17 bits per heavy atom. The van der Waals surface area contributed by atoms with Crippen molar-refractivity contribution in [3.05, 3.63) is 0 Å². The molecule has 2 fully saturated rings. The van der Waals surface area contributed by atoms with Gasteiger partial charge in [0.2, 0.25) is 5.91 Å². The van der Waals surface area contributed by atoms with Gasteiger partial charge in [0, 0.05) is 18.0 Å². The number of hydrogen-bond acceptors (Lipinski definition) is 3. The summed E-state index contributed by atoms with van der Waals surface area (Å²) < 4.78 is 0. The van der Waals surface area contributed by atoms with Gasteiger partial charge in [0.05, 0.1) is 5.92 Å². The Hall–Kier alpha value is -1.10. The molecule has 0 aromatic rings. The summed E-state index contributed by atoms with van der Waals surface area (Å²) in [6.45, 7) is 0. The number of amides is 1. The first-order valence-electron chi connectivity index (χ1n) is 6.85. The maximum atomic E-state index is 12.0. The largest absolute Gasteiger partial charge is 0.481 e. The third kappa shape index (κ3) is 3.22. The van der Waals surface area contributed by atoms with Crippen molar-refractivity contribution >= 4 is 11.9 Å². The van der Waals surface area contributed by atoms with Crippen LogP contribution >= 0.6 is 0 Å². The first kappa shape index (κ1) is 13.3. The Kier molecular flexibility index (Phi) is 4.22. The van der Waals surface area contributed by atoms with Crippen LogP contribution in [0.3, 0.4) is 0 Å². The third-order valence-corrected chi connectivity index (χ3v) is 4.27. The number of carbonyl (C=O) groups excluding carboxylic acids is 1. The molecule has 0 bridgehead atoms. The summed E-state index contributed by atoms with van der Waals surface area (Å²) in [6, 6.07) is 0.516. The van der Waals surface area contributed by atoms with Crippen molar-refractivity contribution in [2.45, 2.75) is 57.0 Å². The molecule has 2 aliphatic rings. The first-order chi connectivity index (χ1) is 8.56. The molecule has 2 rings (SSSR count). The summed E-state index contributed by atoms with van der Waals surface area (Å²) in [7, 11) is 0. The van der Waals surface area contributed by atoms with Crippen LogP contribution in [0.1, 0.15) is 44.9 Å². The van der Waals surface area contributed by atoms with E-state index in [4.69, 9.17) is 10.8 Å². The Morgan fingerprint density at radius 1 is 1.00 bits per heavy atom. The number of rotatable bonds is 3. The molecule has 2 saturated carbocycles. The first-order valence-corrected chi connectivity index (χ1v) is 6.85. The van der Waals surface area contributed by atoms with Gasteiger partial charge in [-0.05, 0) is 44.9 Å². The van der Waals surface area contributed by atoms with Gasteiger partial charge in [0.25, 0.3) is 0 Å². The Bertz CT molecular complexity index is 324. The molecule has 5 heteroatoms. The fraction of sp³-hybridized carbons (Fsp3) is 0.846. The standard InChI is InChI=1S/C13H22N2O3/c14-10-3-5-11(6-4-10)15-12(16)8-1-2-9(7-8)13(17)18/h8-11H,1-7,14H2,(H,15,16)(H,17,18)/t8-,9+,10?,11?/m1/s1. The quantitative estimate of drug-likeness (QED) is 0.697. The minimum absolute atomic E-state index is 0.0409. The number of carboxylic acid groups (broad SMARTS) is 1. The van der Waals surface area contributed by atoms with E-state index in [0.717, 1.165) is 25.7 Å². The van der Waals surface area contributed by atoms with Gasteiger partial charge in [-0.3, -0.25) is 9.59 Å². The average Bonchev–Trinajstić information content (AvgIpc) is 2.81. The molecule has 2 atom stereocenters. The molecular weight excluding hydrogens is 232 g/mol. The zero-order valence-electron chi connectivity index (χ0n) is 10.6. The predicted molar refractivity (Wildman–Crippen MR) is 66.8 cm³/mol. The van der Waals surface area contributed by atoms with Crippen LogP contribution in [0.15, 0.2) is 0 Å². The highest BCUT2D eigenvalue weighted by atomic mass is 16.4. The van der Waals surface area contributed by atoms with Gasteiger partial charge >= 0.3 is 5.97 Å². The highest BCUT2D eigenvalue weighted by Gasteiger charge is 2.34. The molecule has 0 aromatic heterocycles. The Morgan fingerprint density at radius 2 is 1.61 bits per heavy atom. The van der Waals surface area contributed by atoms with Crippen LogP contribution < -0.4 is 11.1 Å². The molecule has 0 unspecified atom stereocenters. The summed E-state index contributed by atoms with van der Waals surface area (Å²) in [5.74, 6) is -1.17. The van der Waals surface area contributed by atoms with Gasteiger partial charge in [-0.15, -0.1) is 0 Å². The molecule has 102 valence electrons. The Balaban J connectivity index is 1.77. The molecule has 5 nitrogen and oxygen atoms in total. The highest BCUT2D eigenvalue weighted by Crippen LogP contribution is 2.31. The summed E-state index contributed by atoms with van der Waals surface area (Å²) >= 11 is 0. The van der Waals surface area contributed by atoms with Crippen molar-refractivity contribution in [1.29, 1.82) is 0 Å². The van der Waals surface area contributed by atoms with Crippen LogP contribution in [0.2, 0.25) is 0 Å². The molecule has 0 aromatic carbocycles. The normalized spacial score (nSPS) is 36.3. The van der Waals surface area contributed by atoms with Crippen molar-refractivity contribution in [3.63, 3.8) is 0 Å². The highest BCUT2D eigenvalue weighted by molar-refractivity contribution is 5.81. The minimum Gasteiger partial charge on any atom is -0.481 e. The zero-order valence-corrected chi connectivity index (χ0v) is 10.6. The summed E-state index contributed by atoms with van der Waals surface area (Å²) in [4.78, 5) is 22.9. The lowest BCUT2D eigenvalue weighted by atomic mass is 9.91. The van der Waals surface area contributed by atoms with Gasteiger partial charge in [0.15, 0.2) is 0 Å². The van der Waals surface area contributed by atoms with Crippen LogP contribution in [0.25, 0.3) is 0 Å². The molecule has 0 radical (unpaired) electrons. The van der Waals surface area contributed by atoms with Crippen molar-refractivity contribution in [2.24, 2.45) is 17.6 Å². The fourth-order valence-corrected chi connectivity index (χ4v) is 3.03. The van der Waals surface area contributed by atoms with E-state index in [9.17, 15) is 9.59 Å². The molecule has 1 amide bonds. The second-order valence-corrected chi connectivity index (χ2v) is 5.67. The average molecular weight is 254 g/mol. The summed E-state index contributed by atoms with van der Waals surface area (Å²) in [6.07, 6.45) is 5.65. The van der Waals surface area contributed by atoms with Gasteiger partial charge < -0.3 is 16.2 Å². The maximum absolute atomic E-state index is 12.0. The van der Waals surface area contributed by atoms with Crippen molar-refractivity contribution < 1.29 is 14.7 Å². The van der Waals surface area contributed by atoms with E-state index in [2.05, 4.69) is 5.32 Å². The molecule has 0 heterocycles. The van der Waals surface area contributed by atoms with Crippen molar-refractivity contribution in [3.8, 4) is 0 Å². The van der Waals surface area contributed by atoms with Crippen LogP contribution in [-0.4, -0.2) is 29.1 Å². The van der Waals surface area contributed by atoms with Crippen LogP contribution in [-0.2, 0) is 9.59 Å². The second-order valence-electron chi connectivity index (χ2n) is 5.67. The van der Waals surface area contributed by atoms with Crippen LogP contribution in [0.4, 0.5) is 0 Å². The number of carbonyl (C=O) groups is 2. The molecule has 0 spiro atoms. The van der Waals surface area contributed by atoms with E-state index in [0.29, 0.717) is 19.3 Å². The van der Waals surface area contributed by atoms with E-state index in [-0.39, 0.29) is 29.8 Å². The smallest absolute Gasteiger partial charge is 0.306 e. The fourth-order valence-electron chi connectivity index (χ4n) is 3.03. The molecule has 4 N–H and O–H groups in total. The number of carboxylic acids is 1. The van der Waals surface area contributed by atoms with E-state index >= 15 is 0 Å². The second kappa shape index (κ2) is 5.69. The van der Waals surface area contributed by atoms with Gasteiger partial charge in [-0.1, -0.05) is 0 Å². The van der Waals surface area contributed by atoms with Gasteiger partial charge in [0.1, 0.15) is 0 Å². The van der Waals surface area contributed by atoms with E-state index in [1.807, 2.05) is 0 Å². The summed E-state index contributed by atoms with van der Waals surface area (Å²) in [5, 5.41) is 12.0. The lowest BCUT2D eigenvalue weighted by Gasteiger charge is -2.27. The van der Waals surface area contributed by atoms with E-state index < -0.39 is 5.97 Å². The molecule has 2 aliphatic carbocycles. The monoisotopic (exact) mass is 254 g/mol. The number of hydrogen-bond donors (Lipinski definition) is 3. The summed E-state index contributed by atoms with van der Waals surface area (Å²) in [5.41, 5.74) is 5.82. The van der Waals surface area contributed by atoms with Crippen molar-refractivity contribution in [2.75, 3.05) is 0 Å². The van der Waals surface area contributed by atoms with Gasteiger partial charge in [-0.2, -0.15) is 0 Å². The molecule has 0 aliphatic heterocycles. The van der Waals surface area contributed by atoms with E-state index in [1.165, 1.54) is 0 Å². The molecular formula is C13H22N2O3. The molecule has 0 saturated heterocycles. The molecule has 18 heavy (non-hydrogen) atoms. The lowest BCUT2D eigenvalue weighted by Crippen LogP contribution is -2.42. The Labute approximate surface area is 107 Å². The topological polar surface area (TPSA) is 92.4 Å².